The first-order valence-corrected chi connectivity index (χ1v) is 18.3. The van der Waals surface area contributed by atoms with E-state index >= 15 is 4.39 Å². The highest BCUT2D eigenvalue weighted by molar-refractivity contribution is 6.00. The van der Waals surface area contributed by atoms with Crippen LogP contribution < -0.4 is 0 Å². The molecule has 2 aliphatic heterocycles. The Balaban J connectivity index is 1.40. The molecule has 10 heteroatoms. The second-order valence-electron chi connectivity index (χ2n) is 13.8. The molecule has 1 N–H and O–H groups in total. The van der Waals surface area contributed by atoms with Gasteiger partial charge in [-0.05, 0) is 91.6 Å². The number of fused-ring (bicyclic) bond motifs is 1. The van der Waals surface area contributed by atoms with E-state index in [9.17, 15) is 19.5 Å². The van der Waals surface area contributed by atoms with Crippen molar-refractivity contribution in [3.8, 4) is 16.8 Å². The number of likely N-dealkylation sites (tertiary alicyclic amines) is 1. The Morgan fingerprint density at radius 3 is 2.20 bits per heavy atom. The van der Waals surface area contributed by atoms with E-state index in [1.807, 2.05) is 36.1 Å². The minimum absolute atomic E-state index is 0.0302. The van der Waals surface area contributed by atoms with Crippen molar-refractivity contribution in [2.24, 2.45) is 0 Å². The van der Waals surface area contributed by atoms with Gasteiger partial charge in [0.05, 0.1) is 29.5 Å². The van der Waals surface area contributed by atoms with Crippen molar-refractivity contribution in [2.45, 2.75) is 78.3 Å². The number of amides is 3. The first kappa shape index (κ1) is 36.0. The van der Waals surface area contributed by atoms with Gasteiger partial charge < -0.3 is 19.8 Å². The van der Waals surface area contributed by atoms with Crippen molar-refractivity contribution in [1.82, 2.24) is 24.5 Å². The highest BCUT2D eigenvalue weighted by Gasteiger charge is 2.32. The molecule has 6 rings (SSSR count). The molecule has 4 aromatic rings. The van der Waals surface area contributed by atoms with Gasteiger partial charge in [-0.15, -0.1) is 0 Å². The molecule has 2 aliphatic rings. The fraction of sp³-hybridized carbons (Fsp3) is 0.415. The van der Waals surface area contributed by atoms with E-state index in [0.717, 1.165) is 49.7 Å². The normalized spacial score (nSPS) is 15.6. The number of rotatable bonds is 12. The predicted molar refractivity (Wildman–Crippen MR) is 195 cm³/mol. The Morgan fingerprint density at radius 2 is 1.53 bits per heavy atom. The fourth-order valence-electron chi connectivity index (χ4n) is 7.17. The molecule has 3 amide bonds. The van der Waals surface area contributed by atoms with E-state index in [-0.39, 0.29) is 29.9 Å². The van der Waals surface area contributed by atoms with Crippen molar-refractivity contribution in [1.29, 1.82) is 0 Å². The van der Waals surface area contributed by atoms with E-state index < -0.39 is 11.9 Å². The number of hydrogen-bond acceptors (Lipinski definition) is 5. The van der Waals surface area contributed by atoms with Crippen LogP contribution >= 0.6 is 0 Å². The van der Waals surface area contributed by atoms with Crippen LogP contribution in [0.3, 0.4) is 0 Å². The van der Waals surface area contributed by atoms with Crippen LogP contribution in [0.2, 0.25) is 0 Å². The van der Waals surface area contributed by atoms with Crippen LogP contribution in [0.25, 0.3) is 16.8 Å². The lowest BCUT2D eigenvalue weighted by atomic mass is 9.93. The number of aryl methyl sites for hydroxylation is 1. The molecule has 1 saturated heterocycles. The lowest BCUT2D eigenvalue weighted by molar-refractivity contribution is 0.0544. The number of benzene rings is 3. The average Bonchev–Trinajstić information content (AvgIpc) is 3.84. The standard InChI is InChI=1S/C41H48FN5O4/c1-4-6-18-45(19-7-5-2)41(51)37-22-28(3)47(43-37)38-17-15-30(31-14-16-34(36(42)25-31)39(49)44-20-10-11-21-44)24-35(38)40(50)46-26-32-13-9-8-12-29(32)23-33(46)27-48/h8-9,12-17,22,24-25,33,48H,4-7,10-11,18-21,23,26-27H2,1-3H3/t33-/m0/s1. The van der Waals surface area contributed by atoms with Crippen LogP contribution in [-0.2, 0) is 13.0 Å². The zero-order valence-corrected chi connectivity index (χ0v) is 29.9. The summed E-state index contributed by atoms with van der Waals surface area (Å²) in [5, 5.41) is 15.2. The van der Waals surface area contributed by atoms with Gasteiger partial charge in [0, 0.05) is 38.4 Å². The molecule has 1 atom stereocenters. The second kappa shape index (κ2) is 16.0. The molecular weight excluding hydrogens is 645 g/mol. The van der Waals surface area contributed by atoms with Crippen molar-refractivity contribution >= 4 is 17.7 Å². The van der Waals surface area contributed by atoms with Crippen molar-refractivity contribution in [3.63, 3.8) is 0 Å². The summed E-state index contributed by atoms with van der Waals surface area (Å²) in [7, 11) is 0. The van der Waals surface area contributed by atoms with E-state index in [2.05, 4.69) is 13.8 Å². The second-order valence-corrected chi connectivity index (χ2v) is 13.8. The van der Waals surface area contributed by atoms with Gasteiger partial charge in [0.1, 0.15) is 5.82 Å². The van der Waals surface area contributed by atoms with Crippen molar-refractivity contribution in [3.05, 3.63) is 106 Å². The highest BCUT2D eigenvalue weighted by atomic mass is 19.1. The van der Waals surface area contributed by atoms with Crippen molar-refractivity contribution in [2.75, 3.05) is 32.8 Å². The number of halogens is 1. The molecule has 0 aliphatic carbocycles. The van der Waals surface area contributed by atoms with Gasteiger partial charge in [-0.1, -0.05) is 63.1 Å². The third-order valence-electron chi connectivity index (χ3n) is 10.2. The molecule has 0 bridgehead atoms. The topological polar surface area (TPSA) is 99.0 Å². The molecule has 9 nitrogen and oxygen atoms in total. The van der Waals surface area contributed by atoms with Gasteiger partial charge >= 0.3 is 0 Å². The Kier molecular flexibility index (Phi) is 11.3. The number of hydrogen-bond donors (Lipinski definition) is 1. The van der Waals surface area contributed by atoms with E-state index in [1.165, 1.54) is 12.1 Å². The zero-order valence-electron chi connectivity index (χ0n) is 29.9. The average molecular weight is 694 g/mol. The number of carbonyl (C=O) groups excluding carboxylic acids is 3. The Labute approximate surface area is 299 Å². The molecular formula is C41H48FN5O4. The molecule has 0 unspecified atom stereocenters. The molecule has 3 aromatic carbocycles. The van der Waals surface area contributed by atoms with Crippen LogP contribution in [0.4, 0.5) is 4.39 Å². The van der Waals surface area contributed by atoms with Crippen LogP contribution in [0.1, 0.15) is 100 Å². The van der Waals surface area contributed by atoms with Crippen LogP contribution in [0, 0.1) is 12.7 Å². The number of nitrogens with zero attached hydrogens (tertiary/aromatic N) is 5. The Hall–Kier alpha value is -4.83. The van der Waals surface area contributed by atoms with Gasteiger partial charge in [0.25, 0.3) is 17.7 Å². The summed E-state index contributed by atoms with van der Waals surface area (Å²) in [4.78, 5) is 46.6. The maximum atomic E-state index is 15.5. The molecule has 268 valence electrons. The van der Waals surface area contributed by atoms with Gasteiger partial charge in [-0.3, -0.25) is 14.4 Å². The van der Waals surface area contributed by atoms with E-state index in [4.69, 9.17) is 5.10 Å². The number of carbonyl (C=O) groups is 3. The predicted octanol–water partition coefficient (Wildman–Crippen LogP) is 6.82. The van der Waals surface area contributed by atoms with Crippen LogP contribution in [-0.4, -0.2) is 86.1 Å². The summed E-state index contributed by atoms with van der Waals surface area (Å²) in [5.74, 6) is -1.38. The van der Waals surface area contributed by atoms with Gasteiger partial charge in [-0.25, -0.2) is 9.07 Å². The largest absolute Gasteiger partial charge is 0.394 e. The fourth-order valence-corrected chi connectivity index (χ4v) is 7.17. The van der Waals surface area contributed by atoms with E-state index in [0.29, 0.717) is 72.9 Å². The van der Waals surface area contributed by atoms with E-state index in [1.54, 1.807) is 44.8 Å². The summed E-state index contributed by atoms with van der Waals surface area (Å²) < 4.78 is 17.2. The Bertz CT molecular complexity index is 1890. The summed E-state index contributed by atoms with van der Waals surface area (Å²) in [6.07, 6.45) is 6.07. The van der Waals surface area contributed by atoms with Crippen molar-refractivity contribution < 1.29 is 23.9 Å². The number of aromatic nitrogens is 2. The van der Waals surface area contributed by atoms with Crippen LogP contribution in [0.5, 0.6) is 0 Å². The molecule has 51 heavy (non-hydrogen) atoms. The monoisotopic (exact) mass is 693 g/mol. The SMILES string of the molecule is CCCCN(CCCC)C(=O)c1cc(C)n(-c2ccc(-c3ccc(C(=O)N4CCCC4)c(F)c3)cc2C(=O)N2Cc3ccccc3C[C@H]2CO)n1. The molecule has 0 spiro atoms. The quantitative estimate of drug-likeness (QED) is 0.176. The van der Waals surface area contributed by atoms with Gasteiger partial charge in [0.15, 0.2) is 5.69 Å². The Morgan fingerprint density at radius 1 is 0.863 bits per heavy atom. The first-order valence-electron chi connectivity index (χ1n) is 18.3. The maximum Gasteiger partial charge on any atom is 0.274 e. The van der Waals surface area contributed by atoms with Gasteiger partial charge in [0.2, 0.25) is 0 Å². The van der Waals surface area contributed by atoms with Crippen LogP contribution in [0.15, 0.2) is 66.7 Å². The number of aliphatic hydroxyl groups is 1. The smallest absolute Gasteiger partial charge is 0.274 e. The molecule has 1 fully saturated rings. The number of unbranched alkanes of at least 4 members (excludes halogenated alkanes) is 2. The molecule has 3 heterocycles. The third-order valence-corrected chi connectivity index (χ3v) is 10.2. The minimum atomic E-state index is -0.615. The molecule has 0 radical (unpaired) electrons. The zero-order chi connectivity index (χ0) is 36.1. The minimum Gasteiger partial charge on any atom is -0.394 e. The molecule has 0 saturated carbocycles. The lowest BCUT2D eigenvalue weighted by Crippen LogP contribution is -2.46. The summed E-state index contributed by atoms with van der Waals surface area (Å²) in [6, 6.07) is 19.1. The summed E-state index contributed by atoms with van der Waals surface area (Å²) >= 11 is 0. The number of aliphatic hydroxyl groups excluding tert-OH is 1. The first-order chi connectivity index (χ1) is 24.7. The third kappa shape index (κ3) is 7.61. The summed E-state index contributed by atoms with van der Waals surface area (Å²) in [6.45, 7) is 8.71. The van der Waals surface area contributed by atoms with Gasteiger partial charge in [-0.2, -0.15) is 5.10 Å². The summed E-state index contributed by atoms with van der Waals surface area (Å²) in [5.41, 5.74) is 5.02. The molecule has 1 aromatic heterocycles. The highest BCUT2D eigenvalue weighted by Crippen LogP contribution is 2.31. The lowest BCUT2D eigenvalue weighted by Gasteiger charge is -2.36. The maximum absolute atomic E-state index is 15.5.